The second-order valence-corrected chi connectivity index (χ2v) is 6.44. The smallest absolute Gasteiger partial charge is 0.194 e. The third-order valence-corrected chi connectivity index (χ3v) is 4.08. The molecule has 1 aromatic rings. The number of likely N-dealkylation sites (tertiary alicyclic amines) is 1. The Balaban J connectivity index is 0.00000288. The summed E-state index contributed by atoms with van der Waals surface area (Å²) in [6, 6.07) is 6.44. The highest BCUT2D eigenvalue weighted by Gasteiger charge is 2.24. The monoisotopic (exact) mass is 444 g/mol. The van der Waals surface area contributed by atoms with Gasteiger partial charge in [-0.1, -0.05) is 13.8 Å². The van der Waals surface area contributed by atoms with Gasteiger partial charge in [-0.2, -0.15) is 5.26 Å². The van der Waals surface area contributed by atoms with Crippen molar-refractivity contribution in [3.63, 3.8) is 0 Å². The number of nitrogens with one attached hydrogen (secondary N) is 1. The summed E-state index contributed by atoms with van der Waals surface area (Å²) in [6.07, 6.45) is 1.23. The minimum Gasteiger partial charge on any atom is -0.357 e. The van der Waals surface area contributed by atoms with Crippen LogP contribution in [-0.4, -0.2) is 30.5 Å². The number of rotatable bonds is 3. The van der Waals surface area contributed by atoms with Crippen molar-refractivity contribution in [2.24, 2.45) is 16.8 Å². The second-order valence-electron chi connectivity index (χ2n) is 6.44. The molecule has 0 radical (unpaired) electrons. The maximum absolute atomic E-state index is 13.9. The van der Waals surface area contributed by atoms with Gasteiger partial charge in [-0.3, -0.25) is 0 Å². The van der Waals surface area contributed by atoms with Crippen molar-refractivity contribution in [2.75, 3.05) is 19.6 Å². The van der Waals surface area contributed by atoms with E-state index >= 15 is 0 Å². The molecule has 0 amide bonds. The highest BCUT2D eigenvalue weighted by molar-refractivity contribution is 14.0. The molecule has 4 nitrogen and oxygen atoms in total. The predicted molar refractivity (Wildman–Crippen MR) is 106 cm³/mol. The van der Waals surface area contributed by atoms with Gasteiger partial charge in [0, 0.05) is 25.2 Å². The Labute approximate surface area is 161 Å². The van der Waals surface area contributed by atoms with Crippen molar-refractivity contribution in [3.05, 3.63) is 35.1 Å². The fourth-order valence-electron chi connectivity index (χ4n) is 3.19. The third kappa shape index (κ3) is 5.62. The summed E-state index contributed by atoms with van der Waals surface area (Å²) >= 11 is 0. The summed E-state index contributed by atoms with van der Waals surface area (Å²) in [6.45, 7) is 9.49. The van der Waals surface area contributed by atoms with Crippen LogP contribution in [0.15, 0.2) is 23.2 Å². The van der Waals surface area contributed by atoms with Crippen LogP contribution in [-0.2, 0) is 6.54 Å². The number of guanidine groups is 1. The van der Waals surface area contributed by atoms with Gasteiger partial charge in [0.25, 0.3) is 0 Å². The first-order valence-corrected chi connectivity index (χ1v) is 8.25. The molecule has 1 saturated heterocycles. The molecular weight excluding hydrogens is 418 g/mol. The van der Waals surface area contributed by atoms with Gasteiger partial charge in [-0.15, -0.1) is 24.0 Å². The summed E-state index contributed by atoms with van der Waals surface area (Å²) in [5, 5.41) is 12.2. The van der Waals surface area contributed by atoms with Crippen LogP contribution in [0.5, 0.6) is 0 Å². The van der Waals surface area contributed by atoms with Gasteiger partial charge in [0.05, 0.1) is 18.2 Å². The van der Waals surface area contributed by atoms with Crippen molar-refractivity contribution in [1.29, 1.82) is 5.26 Å². The molecule has 2 unspecified atom stereocenters. The Kier molecular flexibility index (Phi) is 8.46. The SMILES string of the molecule is CCNC(=NCc1cc(C#N)ccc1F)N1CC(C)CC(C)C1.I. The fourth-order valence-corrected chi connectivity index (χ4v) is 3.19. The van der Waals surface area contributed by atoms with E-state index in [-0.39, 0.29) is 36.3 Å². The van der Waals surface area contributed by atoms with Crippen molar-refractivity contribution in [1.82, 2.24) is 10.2 Å². The average molecular weight is 444 g/mol. The second kappa shape index (κ2) is 9.82. The lowest BCUT2D eigenvalue weighted by Gasteiger charge is -2.37. The van der Waals surface area contributed by atoms with Crippen molar-refractivity contribution in [3.8, 4) is 6.07 Å². The quantitative estimate of drug-likeness (QED) is 0.439. The van der Waals surface area contributed by atoms with E-state index in [1.54, 1.807) is 6.07 Å². The van der Waals surface area contributed by atoms with E-state index in [9.17, 15) is 4.39 Å². The molecule has 2 rings (SSSR count). The van der Waals surface area contributed by atoms with E-state index in [2.05, 4.69) is 29.1 Å². The number of hydrogen-bond acceptors (Lipinski definition) is 2. The van der Waals surface area contributed by atoms with Gasteiger partial charge in [0.15, 0.2) is 5.96 Å². The first kappa shape index (κ1) is 20.7. The molecule has 2 atom stereocenters. The number of benzene rings is 1. The van der Waals surface area contributed by atoms with Crippen LogP contribution < -0.4 is 5.32 Å². The Morgan fingerprint density at radius 1 is 1.38 bits per heavy atom. The molecule has 1 aliphatic rings. The highest BCUT2D eigenvalue weighted by Crippen LogP contribution is 2.21. The van der Waals surface area contributed by atoms with Gasteiger partial charge in [0.2, 0.25) is 0 Å². The summed E-state index contributed by atoms with van der Waals surface area (Å²) < 4.78 is 13.9. The largest absolute Gasteiger partial charge is 0.357 e. The zero-order chi connectivity index (χ0) is 16.8. The molecule has 0 saturated carbocycles. The maximum atomic E-state index is 13.9. The van der Waals surface area contributed by atoms with Crippen LogP contribution in [0.3, 0.4) is 0 Å². The standard InChI is InChI=1S/C18H25FN4.HI/c1-4-21-18(23-11-13(2)7-14(3)12-23)22-10-16-8-15(9-20)5-6-17(16)19;/h5-6,8,13-14H,4,7,10-12H2,1-3H3,(H,21,22);1H. The molecule has 1 fully saturated rings. The minimum atomic E-state index is -0.316. The lowest BCUT2D eigenvalue weighted by atomic mass is 9.92. The van der Waals surface area contributed by atoms with E-state index in [1.165, 1.54) is 18.6 Å². The molecule has 6 heteroatoms. The summed E-state index contributed by atoms with van der Waals surface area (Å²) in [4.78, 5) is 6.85. The van der Waals surface area contributed by atoms with Gasteiger partial charge < -0.3 is 10.2 Å². The Bertz CT molecular complexity index is 602. The summed E-state index contributed by atoms with van der Waals surface area (Å²) in [7, 11) is 0. The van der Waals surface area contributed by atoms with Gasteiger partial charge in [-0.25, -0.2) is 9.38 Å². The Morgan fingerprint density at radius 3 is 2.62 bits per heavy atom. The molecule has 0 aliphatic carbocycles. The van der Waals surface area contributed by atoms with Crippen molar-refractivity contribution < 1.29 is 4.39 Å². The van der Waals surface area contributed by atoms with Gasteiger partial charge in [0.1, 0.15) is 5.82 Å². The number of hydrogen-bond donors (Lipinski definition) is 1. The van der Waals surface area contributed by atoms with Crippen molar-refractivity contribution in [2.45, 2.75) is 33.7 Å². The van der Waals surface area contributed by atoms with E-state index in [4.69, 9.17) is 5.26 Å². The lowest BCUT2D eigenvalue weighted by Crippen LogP contribution is -2.48. The normalized spacial score (nSPS) is 21.0. The minimum absolute atomic E-state index is 0. The molecule has 1 heterocycles. The molecule has 0 aromatic heterocycles. The molecule has 1 aromatic carbocycles. The lowest BCUT2D eigenvalue weighted by molar-refractivity contribution is 0.208. The molecular formula is C18H26FIN4. The maximum Gasteiger partial charge on any atom is 0.194 e. The van der Waals surface area contributed by atoms with Gasteiger partial charge in [-0.05, 0) is 43.4 Å². The van der Waals surface area contributed by atoms with E-state index in [1.807, 2.05) is 13.0 Å². The first-order valence-electron chi connectivity index (χ1n) is 8.25. The number of halogens is 2. The molecule has 132 valence electrons. The zero-order valence-corrected chi connectivity index (χ0v) is 16.9. The topological polar surface area (TPSA) is 51.4 Å². The van der Waals surface area contributed by atoms with Crippen LogP contribution in [0.1, 0.15) is 38.3 Å². The van der Waals surface area contributed by atoms with E-state index < -0.39 is 0 Å². The molecule has 1 aliphatic heterocycles. The van der Waals surface area contributed by atoms with Crippen LogP contribution in [0.4, 0.5) is 4.39 Å². The summed E-state index contributed by atoms with van der Waals surface area (Å²) in [5.74, 6) is 1.76. The summed E-state index contributed by atoms with van der Waals surface area (Å²) in [5.41, 5.74) is 0.916. The van der Waals surface area contributed by atoms with Crippen LogP contribution in [0.25, 0.3) is 0 Å². The number of nitrogens with zero attached hydrogens (tertiary/aromatic N) is 3. The first-order chi connectivity index (χ1) is 11.0. The number of nitriles is 1. The van der Waals surface area contributed by atoms with E-state index in [0.717, 1.165) is 25.6 Å². The van der Waals surface area contributed by atoms with Crippen molar-refractivity contribution >= 4 is 29.9 Å². The average Bonchev–Trinajstić information content (AvgIpc) is 2.51. The predicted octanol–water partition coefficient (Wildman–Crippen LogP) is 3.76. The molecule has 0 spiro atoms. The Morgan fingerprint density at radius 2 is 2.04 bits per heavy atom. The highest BCUT2D eigenvalue weighted by atomic mass is 127. The fraction of sp³-hybridized carbons (Fsp3) is 0.556. The molecule has 1 N–H and O–H groups in total. The Hall–Kier alpha value is -1.36. The third-order valence-electron chi connectivity index (χ3n) is 4.08. The molecule has 0 bridgehead atoms. The number of aliphatic imine (C=N–C) groups is 1. The molecule has 24 heavy (non-hydrogen) atoms. The van der Waals surface area contributed by atoms with Gasteiger partial charge >= 0.3 is 0 Å². The number of piperidine rings is 1. The zero-order valence-electron chi connectivity index (χ0n) is 14.6. The van der Waals surface area contributed by atoms with E-state index in [0.29, 0.717) is 23.0 Å². The van der Waals surface area contributed by atoms with Crippen LogP contribution in [0, 0.1) is 29.0 Å². The van der Waals surface area contributed by atoms with Crippen LogP contribution >= 0.6 is 24.0 Å². The van der Waals surface area contributed by atoms with Crippen LogP contribution in [0.2, 0.25) is 0 Å².